The number of fused-ring (bicyclic) bond motifs is 6. The zero-order valence-electron chi connectivity index (χ0n) is 66.0. The average Bonchev–Trinajstić information content (AvgIpc) is 1.56. The summed E-state index contributed by atoms with van der Waals surface area (Å²) in [5.74, 6) is 7.16. The minimum absolute atomic E-state index is 0.313. The first-order valence-electron chi connectivity index (χ1n) is 40.5. The van der Waals surface area contributed by atoms with Crippen molar-refractivity contribution in [2.75, 3.05) is 0 Å². The molecule has 0 atom stereocenters. The smallest absolute Gasteiger partial charge is 0.164 e. The summed E-state index contributed by atoms with van der Waals surface area (Å²) in [4.78, 5) is 78.8. The van der Waals surface area contributed by atoms with Crippen LogP contribution in [0.4, 0.5) is 0 Å². The molecule has 578 valence electrons. The molecule has 0 unspecified atom stereocenters. The van der Waals surface area contributed by atoms with E-state index in [0.29, 0.717) is 132 Å². The molecule has 0 fully saturated rings. The Morgan fingerprint density at radius 1 is 0.153 bits per heavy atom. The summed E-state index contributed by atoms with van der Waals surface area (Å²) >= 11 is 0. The predicted molar refractivity (Wildman–Crippen MR) is 488 cm³/mol. The number of benzene rings is 15. The van der Waals surface area contributed by atoms with Gasteiger partial charge in [-0.2, -0.15) is 5.26 Å². The number of hydrogen-bond donors (Lipinski definition) is 0. The molecule has 18 heteroatoms. The van der Waals surface area contributed by atoms with E-state index in [4.69, 9.17) is 74.8 Å². The van der Waals surface area contributed by atoms with Crippen molar-refractivity contribution < 1.29 is 0 Å². The highest BCUT2D eigenvalue weighted by atomic mass is 15.1. The second-order valence-corrected chi connectivity index (χ2v) is 29.8. The molecular weight excluding hydrogens is 1530 g/mol. The SMILES string of the molecule is N#Cc1c(-n2c3ccc(-c4nc(-c5ccccc5)nc(-c5ccccc5)n4)cc3c3cc(-c4nc(-c5ccccc5)nc(-c5ccccc5)n4)ccc32)cc(-c2nc(-c3ccccc3)nc(-c3ccccc3)n2)cc1-n1c2ccc(-c3nc(-c4ccccc4)nc(-c4ccccc4)n3)cc2c2cc(-c3nc(-c4ccccc4)nc(-c4ccccc4)n3)ccc21. The van der Waals surface area contributed by atoms with E-state index < -0.39 is 0 Å². The lowest BCUT2D eigenvalue weighted by molar-refractivity contribution is 1.06. The van der Waals surface area contributed by atoms with Crippen molar-refractivity contribution in [3.8, 4) is 188 Å². The van der Waals surface area contributed by atoms with Crippen molar-refractivity contribution in [3.63, 3.8) is 0 Å². The lowest BCUT2D eigenvalue weighted by Crippen LogP contribution is -2.07. The highest BCUT2D eigenvalue weighted by Gasteiger charge is 2.28. The number of nitrogens with zero attached hydrogens (tertiary/aromatic N) is 18. The van der Waals surface area contributed by atoms with Gasteiger partial charge in [-0.1, -0.05) is 303 Å². The second-order valence-electron chi connectivity index (χ2n) is 29.8. The number of rotatable bonds is 17. The molecule has 22 aromatic rings. The first-order chi connectivity index (χ1) is 61.4. The fourth-order valence-corrected chi connectivity index (χ4v) is 16.0. The summed E-state index contributed by atoms with van der Waals surface area (Å²) in [6, 6.07) is 131. The van der Waals surface area contributed by atoms with Gasteiger partial charge in [0.25, 0.3) is 0 Å². The van der Waals surface area contributed by atoms with E-state index in [9.17, 15) is 5.26 Å². The minimum atomic E-state index is 0.313. The van der Waals surface area contributed by atoms with Gasteiger partial charge >= 0.3 is 0 Å². The Labute approximate surface area is 710 Å². The Bertz CT molecular complexity index is 6830. The zero-order valence-corrected chi connectivity index (χ0v) is 66.0. The van der Waals surface area contributed by atoms with Gasteiger partial charge in [-0.3, -0.25) is 0 Å². The van der Waals surface area contributed by atoms with Gasteiger partial charge in [0.05, 0.1) is 33.4 Å². The lowest BCUT2D eigenvalue weighted by atomic mass is 10.0. The highest BCUT2D eigenvalue weighted by Crippen LogP contribution is 2.45. The van der Waals surface area contributed by atoms with Crippen LogP contribution in [0.3, 0.4) is 0 Å². The van der Waals surface area contributed by atoms with E-state index in [2.05, 4.69) is 63.7 Å². The highest BCUT2D eigenvalue weighted by molar-refractivity contribution is 6.14. The van der Waals surface area contributed by atoms with Crippen LogP contribution in [0.1, 0.15) is 5.56 Å². The normalized spacial score (nSPS) is 11.4. The first-order valence-corrected chi connectivity index (χ1v) is 40.5. The summed E-state index contributed by atoms with van der Waals surface area (Å²) in [7, 11) is 0. The largest absolute Gasteiger partial charge is 0.308 e. The van der Waals surface area contributed by atoms with Crippen molar-refractivity contribution in [2.24, 2.45) is 0 Å². The average molecular weight is 1590 g/mol. The molecular formula is C106H64N18. The molecule has 22 rings (SSSR count). The van der Waals surface area contributed by atoms with Crippen LogP contribution in [-0.4, -0.2) is 83.9 Å². The monoisotopic (exact) mass is 1590 g/mol. The summed E-state index contributed by atoms with van der Waals surface area (Å²) in [6.45, 7) is 0. The van der Waals surface area contributed by atoms with Crippen molar-refractivity contribution in [2.45, 2.75) is 0 Å². The van der Waals surface area contributed by atoms with Gasteiger partial charge in [-0.15, -0.1) is 0 Å². The predicted octanol–water partition coefficient (Wildman–Crippen LogP) is 23.7. The van der Waals surface area contributed by atoms with Gasteiger partial charge in [0.2, 0.25) is 0 Å². The molecule has 7 heterocycles. The van der Waals surface area contributed by atoms with Crippen LogP contribution in [0, 0.1) is 11.3 Å². The molecule has 0 N–H and O–H groups in total. The molecule has 0 saturated heterocycles. The summed E-state index contributed by atoms with van der Waals surface area (Å²) < 4.78 is 4.35. The molecule has 7 aromatic heterocycles. The van der Waals surface area contributed by atoms with Gasteiger partial charge in [-0.05, 0) is 84.9 Å². The van der Waals surface area contributed by atoms with Crippen LogP contribution in [0.25, 0.3) is 226 Å². The third kappa shape index (κ3) is 13.8. The summed E-state index contributed by atoms with van der Waals surface area (Å²) in [5, 5.41) is 16.1. The topological polar surface area (TPSA) is 227 Å². The van der Waals surface area contributed by atoms with Crippen LogP contribution < -0.4 is 0 Å². The minimum Gasteiger partial charge on any atom is -0.308 e. The van der Waals surface area contributed by atoms with Gasteiger partial charge in [0, 0.05) is 105 Å². The fourth-order valence-electron chi connectivity index (χ4n) is 16.0. The Morgan fingerprint density at radius 3 is 0.452 bits per heavy atom. The van der Waals surface area contributed by atoms with Crippen LogP contribution >= 0.6 is 0 Å². The number of aromatic nitrogens is 17. The number of hydrogen-bond acceptors (Lipinski definition) is 16. The molecule has 0 aliphatic rings. The Kier molecular flexibility index (Phi) is 18.4. The maximum absolute atomic E-state index is 12.9. The van der Waals surface area contributed by atoms with Gasteiger partial charge in [0.1, 0.15) is 11.6 Å². The first kappa shape index (κ1) is 72.9. The molecule has 0 spiro atoms. The molecule has 15 aromatic carbocycles. The number of nitriles is 1. The van der Waals surface area contributed by atoms with Crippen LogP contribution in [-0.2, 0) is 0 Å². The second kappa shape index (κ2) is 31.4. The lowest BCUT2D eigenvalue weighted by Gasteiger charge is -2.18. The quantitative estimate of drug-likeness (QED) is 0.0825. The third-order valence-electron chi connectivity index (χ3n) is 22.0. The molecule has 0 amide bonds. The van der Waals surface area contributed by atoms with Crippen LogP contribution in [0.2, 0.25) is 0 Å². The van der Waals surface area contributed by atoms with Gasteiger partial charge in [-0.25, -0.2) is 74.8 Å². The standard InChI is InChI=1S/C106H64N18/c107-65-85-90(123-86-55-51-76(102-113-92(66-31-11-1-12-32-66)108-93(114-102)67-33-13-2-14-34-67)59-81(86)82-60-77(52-56-87(82)123)103-115-94(68-35-15-3-16-36-68)109-95(116-103)69-37-17-4-18-38-69)63-80(106-121-100(74-47-27-9-28-48-74)112-101(122-106)75-49-29-10-30-50-75)64-91(85)124-88-57-53-78(104-117-96(70-39-19-5-20-40-70)110-97(118-104)71-41-21-6-22-42-71)61-83(88)84-62-79(54-58-89(84)124)105-119-98(72-43-23-7-24-44-72)111-99(120-105)73-45-25-8-26-46-73/h1-64H. The molecule has 0 aliphatic heterocycles. The van der Waals surface area contributed by atoms with Crippen LogP contribution in [0.15, 0.2) is 388 Å². The summed E-state index contributed by atoms with van der Waals surface area (Å²) in [6.07, 6.45) is 0. The van der Waals surface area contributed by atoms with Crippen LogP contribution in [0.5, 0.6) is 0 Å². The Morgan fingerprint density at radius 2 is 0.298 bits per heavy atom. The van der Waals surface area contributed by atoms with E-state index in [1.54, 1.807) is 0 Å². The van der Waals surface area contributed by atoms with Crippen molar-refractivity contribution in [1.82, 2.24) is 83.9 Å². The molecule has 0 saturated carbocycles. The Balaban J connectivity index is 0.836. The van der Waals surface area contributed by atoms with E-state index in [1.165, 1.54) is 0 Å². The molecule has 124 heavy (non-hydrogen) atoms. The van der Waals surface area contributed by atoms with E-state index in [1.807, 2.05) is 340 Å². The Hall–Kier alpha value is -17.6. The van der Waals surface area contributed by atoms with E-state index in [0.717, 1.165) is 99.2 Å². The van der Waals surface area contributed by atoms with E-state index >= 15 is 0 Å². The van der Waals surface area contributed by atoms with Gasteiger partial charge < -0.3 is 9.13 Å². The van der Waals surface area contributed by atoms with Gasteiger partial charge in [0.15, 0.2) is 87.4 Å². The van der Waals surface area contributed by atoms with Crippen molar-refractivity contribution >= 4 is 43.6 Å². The van der Waals surface area contributed by atoms with E-state index in [-0.39, 0.29) is 0 Å². The molecule has 0 aliphatic carbocycles. The van der Waals surface area contributed by atoms with Crippen molar-refractivity contribution in [1.29, 1.82) is 5.26 Å². The summed E-state index contributed by atoms with van der Waals surface area (Å²) in [5.41, 5.74) is 16.0. The van der Waals surface area contributed by atoms with Crippen molar-refractivity contribution in [3.05, 3.63) is 394 Å². The molecule has 0 bridgehead atoms. The zero-order chi connectivity index (χ0) is 82.4. The maximum Gasteiger partial charge on any atom is 0.164 e. The molecule has 18 nitrogen and oxygen atoms in total. The fraction of sp³-hybridized carbons (Fsp3) is 0. The third-order valence-corrected chi connectivity index (χ3v) is 22.0. The maximum atomic E-state index is 12.9. The molecule has 0 radical (unpaired) electrons.